The first-order valence-electron chi connectivity index (χ1n) is 8.23. The third kappa shape index (κ3) is 4.31. The Morgan fingerprint density at radius 2 is 1.67 bits per heavy atom. The Morgan fingerprint density at radius 1 is 1.14 bits per heavy atom. The summed E-state index contributed by atoms with van der Waals surface area (Å²) in [6.07, 6.45) is 5.26. The van der Waals surface area contributed by atoms with Gasteiger partial charge < -0.3 is 10.5 Å². The molecule has 0 amide bonds. The number of nitrogens with two attached hydrogens (primary N) is 1. The average Bonchev–Trinajstić information content (AvgIpc) is 2.36. The van der Waals surface area contributed by atoms with E-state index in [2.05, 4.69) is 46.8 Å². The van der Waals surface area contributed by atoms with Gasteiger partial charge in [0.15, 0.2) is 0 Å². The van der Waals surface area contributed by atoms with Crippen LogP contribution in [0.1, 0.15) is 67.8 Å². The molecule has 1 saturated carbocycles. The monoisotopic (exact) mass is 289 g/mol. The van der Waals surface area contributed by atoms with E-state index in [1.165, 1.54) is 47.9 Å². The van der Waals surface area contributed by atoms with Crippen molar-refractivity contribution in [2.24, 2.45) is 11.1 Å². The Bertz CT molecular complexity index is 459. The molecule has 0 spiro atoms. The molecule has 1 aliphatic rings. The van der Waals surface area contributed by atoms with Gasteiger partial charge >= 0.3 is 0 Å². The van der Waals surface area contributed by atoms with Crippen LogP contribution in [0.15, 0.2) is 12.1 Å². The number of hydrogen-bond donors (Lipinski definition) is 1. The molecule has 0 aromatic heterocycles. The van der Waals surface area contributed by atoms with Gasteiger partial charge in [-0.1, -0.05) is 31.5 Å². The van der Waals surface area contributed by atoms with Crippen molar-refractivity contribution < 1.29 is 4.74 Å². The van der Waals surface area contributed by atoms with Crippen LogP contribution in [0, 0.1) is 26.2 Å². The summed E-state index contributed by atoms with van der Waals surface area (Å²) in [5.41, 5.74) is 12.0. The molecule has 0 radical (unpaired) electrons. The summed E-state index contributed by atoms with van der Waals surface area (Å²) in [4.78, 5) is 0. The molecular weight excluding hydrogens is 258 g/mol. The zero-order valence-electron chi connectivity index (χ0n) is 14.3. The number of rotatable bonds is 4. The Kier molecular flexibility index (Phi) is 5.11. The van der Waals surface area contributed by atoms with E-state index in [4.69, 9.17) is 10.5 Å². The lowest BCUT2D eigenvalue weighted by Crippen LogP contribution is -2.29. The van der Waals surface area contributed by atoms with Crippen molar-refractivity contribution in [2.75, 3.05) is 6.61 Å². The molecule has 1 aromatic carbocycles. The van der Waals surface area contributed by atoms with Crippen molar-refractivity contribution in [1.82, 2.24) is 0 Å². The molecule has 21 heavy (non-hydrogen) atoms. The molecule has 2 heteroatoms. The van der Waals surface area contributed by atoms with Crippen molar-refractivity contribution in [3.05, 3.63) is 34.4 Å². The van der Waals surface area contributed by atoms with Crippen LogP contribution in [-0.2, 0) is 4.74 Å². The molecule has 1 unspecified atom stereocenters. The van der Waals surface area contributed by atoms with E-state index in [1.54, 1.807) is 0 Å². The van der Waals surface area contributed by atoms with Crippen LogP contribution in [0.2, 0.25) is 0 Å². The molecule has 1 atom stereocenters. The van der Waals surface area contributed by atoms with E-state index in [9.17, 15) is 0 Å². The summed E-state index contributed by atoms with van der Waals surface area (Å²) >= 11 is 0. The second kappa shape index (κ2) is 6.50. The number of ether oxygens (including phenoxy) is 1. The van der Waals surface area contributed by atoms with E-state index >= 15 is 0 Å². The van der Waals surface area contributed by atoms with Gasteiger partial charge in [0.2, 0.25) is 0 Å². The first-order chi connectivity index (χ1) is 9.78. The summed E-state index contributed by atoms with van der Waals surface area (Å²) < 4.78 is 6.11. The molecule has 0 bridgehead atoms. The molecule has 2 nitrogen and oxygen atoms in total. The summed E-state index contributed by atoms with van der Waals surface area (Å²) in [6.45, 7) is 11.8. The molecule has 118 valence electrons. The van der Waals surface area contributed by atoms with Gasteiger partial charge in [0.1, 0.15) is 0 Å². The van der Waals surface area contributed by atoms with Gasteiger partial charge in [0.25, 0.3) is 0 Å². The standard InChI is InChI=1S/C19H31NO/c1-13-10-14(2)18(15(3)11-13)17(20)12-21-16-6-8-19(4,5)9-7-16/h10-11,16-17H,6-9,12,20H2,1-5H3. The van der Waals surface area contributed by atoms with Gasteiger partial charge in [-0.25, -0.2) is 0 Å². The SMILES string of the molecule is Cc1cc(C)c(C(N)COC2CCC(C)(C)CC2)c(C)c1. The number of aryl methyl sites for hydroxylation is 3. The Hall–Kier alpha value is -0.860. The lowest BCUT2D eigenvalue weighted by atomic mass is 9.76. The zero-order valence-corrected chi connectivity index (χ0v) is 14.3. The van der Waals surface area contributed by atoms with E-state index < -0.39 is 0 Å². The highest BCUT2D eigenvalue weighted by molar-refractivity contribution is 5.39. The minimum absolute atomic E-state index is 0.0134. The van der Waals surface area contributed by atoms with Crippen molar-refractivity contribution in [1.29, 1.82) is 0 Å². The average molecular weight is 289 g/mol. The smallest absolute Gasteiger partial charge is 0.0663 e. The molecular formula is C19H31NO. The maximum atomic E-state index is 6.39. The van der Waals surface area contributed by atoms with Gasteiger partial charge in [0.05, 0.1) is 18.8 Å². The van der Waals surface area contributed by atoms with E-state index in [0.717, 1.165) is 0 Å². The summed E-state index contributed by atoms with van der Waals surface area (Å²) in [6, 6.07) is 4.41. The predicted octanol–water partition coefficient (Wildman–Crippen LogP) is 4.60. The van der Waals surface area contributed by atoms with Crippen LogP contribution in [0.25, 0.3) is 0 Å². The maximum Gasteiger partial charge on any atom is 0.0663 e. The van der Waals surface area contributed by atoms with E-state index in [0.29, 0.717) is 18.1 Å². The van der Waals surface area contributed by atoms with Crippen LogP contribution in [0.4, 0.5) is 0 Å². The Balaban J connectivity index is 1.92. The molecule has 0 aliphatic heterocycles. The van der Waals surface area contributed by atoms with Gasteiger partial charge in [-0.2, -0.15) is 0 Å². The second-order valence-electron chi connectivity index (χ2n) is 7.62. The summed E-state index contributed by atoms with van der Waals surface area (Å²) in [5.74, 6) is 0. The quantitative estimate of drug-likeness (QED) is 0.879. The Morgan fingerprint density at radius 3 is 2.19 bits per heavy atom. The lowest BCUT2D eigenvalue weighted by molar-refractivity contribution is -0.00195. The summed E-state index contributed by atoms with van der Waals surface area (Å²) in [7, 11) is 0. The molecule has 0 heterocycles. The number of benzene rings is 1. The second-order valence-corrected chi connectivity index (χ2v) is 7.62. The molecule has 0 saturated heterocycles. The topological polar surface area (TPSA) is 35.2 Å². The lowest BCUT2D eigenvalue weighted by Gasteiger charge is -2.34. The molecule has 2 N–H and O–H groups in total. The minimum Gasteiger partial charge on any atom is -0.376 e. The first kappa shape index (κ1) is 16.5. The minimum atomic E-state index is -0.0134. The highest BCUT2D eigenvalue weighted by atomic mass is 16.5. The van der Waals surface area contributed by atoms with Crippen molar-refractivity contribution >= 4 is 0 Å². The van der Waals surface area contributed by atoms with Crippen molar-refractivity contribution in [3.63, 3.8) is 0 Å². The summed E-state index contributed by atoms with van der Waals surface area (Å²) in [5, 5.41) is 0. The van der Waals surface area contributed by atoms with Gasteiger partial charge in [-0.3, -0.25) is 0 Å². The maximum absolute atomic E-state index is 6.39. The van der Waals surface area contributed by atoms with Crippen LogP contribution in [0.3, 0.4) is 0 Å². The van der Waals surface area contributed by atoms with E-state index in [1.807, 2.05) is 0 Å². The van der Waals surface area contributed by atoms with Gasteiger partial charge in [0, 0.05) is 0 Å². The molecule has 1 fully saturated rings. The fourth-order valence-electron chi connectivity index (χ4n) is 3.64. The Labute approximate surface area is 130 Å². The first-order valence-corrected chi connectivity index (χ1v) is 8.23. The zero-order chi connectivity index (χ0) is 15.6. The molecule has 2 rings (SSSR count). The van der Waals surface area contributed by atoms with Crippen LogP contribution < -0.4 is 5.73 Å². The molecule has 1 aliphatic carbocycles. The van der Waals surface area contributed by atoms with Gasteiger partial charge in [-0.15, -0.1) is 0 Å². The number of hydrogen-bond acceptors (Lipinski definition) is 2. The fraction of sp³-hybridized carbons (Fsp3) is 0.684. The fourth-order valence-corrected chi connectivity index (χ4v) is 3.64. The predicted molar refractivity (Wildman–Crippen MR) is 89.6 cm³/mol. The van der Waals surface area contributed by atoms with Crippen molar-refractivity contribution in [3.8, 4) is 0 Å². The highest BCUT2D eigenvalue weighted by Crippen LogP contribution is 2.36. The third-order valence-electron chi connectivity index (χ3n) is 4.91. The van der Waals surface area contributed by atoms with Crippen molar-refractivity contribution in [2.45, 2.75) is 72.4 Å². The molecule has 1 aromatic rings. The highest BCUT2D eigenvalue weighted by Gasteiger charge is 2.27. The largest absolute Gasteiger partial charge is 0.376 e. The van der Waals surface area contributed by atoms with Crippen LogP contribution >= 0.6 is 0 Å². The third-order valence-corrected chi connectivity index (χ3v) is 4.91. The normalized spacial score (nSPS) is 20.5. The van der Waals surface area contributed by atoms with Crippen LogP contribution in [0.5, 0.6) is 0 Å². The van der Waals surface area contributed by atoms with Crippen LogP contribution in [-0.4, -0.2) is 12.7 Å². The van der Waals surface area contributed by atoms with Gasteiger partial charge in [-0.05, 0) is 68.6 Å². The van der Waals surface area contributed by atoms with E-state index in [-0.39, 0.29) is 6.04 Å².